The fraction of sp³-hybridized carbons (Fsp3) is 0.185. The van der Waals surface area contributed by atoms with Gasteiger partial charge in [-0.25, -0.2) is 0 Å². The second-order valence-electron chi connectivity index (χ2n) is 8.10. The van der Waals surface area contributed by atoms with Gasteiger partial charge in [0.2, 0.25) is 11.8 Å². The molecular formula is C27H24N4O3. The van der Waals surface area contributed by atoms with Crippen LogP contribution in [-0.4, -0.2) is 16.8 Å². The predicted octanol–water partition coefficient (Wildman–Crippen LogP) is 5.07. The van der Waals surface area contributed by atoms with Crippen LogP contribution in [0.4, 0.5) is 0 Å². The molecule has 0 unspecified atom stereocenters. The lowest BCUT2D eigenvalue weighted by molar-refractivity contribution is 0.269. The number of allylic oxidation sites excluding steroid dienone is 1. The van der Waals surface area contributed by atoms with Crippen LogP contribution in [0.2, 0.25) is 0 Å². The Morgan fingerprint density at radius 1 is 1.06 bits per heavy atom. The molecule has 4 aromatic rings. The van der Waals surface area contributed by atoms with Crippen molar-refractivity contribution in [2.45, 2.75) is 26.4 Å². The molecule has 1 aromatic heterocycles. The lowest BCUT2D eigenvalue weighted by Gasteiger charge is -2.24. The molecule has 1 aliphatic heterocycles. The van der Waals surface area contributed by atoms with E-state index in [4.69, 9.17) is 19.9 Å². The predicted molar refractivity (Wildman–Crippen MR) is 129 cm³/mol. The molecule has 0 saturated heterocycles. The van der Waals surface area contributed by atoms with E-state index in [1.54, 1.807) is 0 Å². The summed E-state index contributed by atoms with van der Waals surface area (Å²) in [5.74, 6) is 1.26. The Hall–Kier alpha value is -4.44. The molecule has 3 aromatic carbocycles. The zero-order chi connectivity index (χ0) is 23.7. The first-order valence-electron chi connectivity index (χ1n) is 11.1. The van der Waals surface area contributed by atoms with E-state index in [1.807, 2.05) is 44.2 Å². The molecule has 0 amide bonds. The molecule has 1 aliphatic rings. The number of hydrogen-bond acceptors (Lipinski definition) is 6. The Balaban J connectivity index is 1.47. The van der Waals surface area contributed by atoms with Crippen LogP contribution < -0.4 is 19.9 Å². The summed E-state index contributed by atoms with van der Waals surface area (Å²) in [5, 5.41) is 19.3. The van der Waals surface area contributed by atoms with E-state index in [9.17, 15) is 5.26 Å². The van der Waals surface area contributed by atoms with Gasteiger partial charge in [0.05, 0.1) is 12.5 Å². The Labute approximate surface area is 197 Å². The number of ether oxygens (including phenoxy) is 3. The zero-order valence-electron chi connectivity index (χ0n) is 19.0. The van der Waals surface area contributed by atoms with Gasteiger partial charge >= 0.3 is 0 Å². The maximum atomic E-state index is 9.81. The third-order valence-electron chi connectivity index (χ3n) is 5.94. The summed E-state index contributed by atoms with van der Waals surface area (Å²) in [4.78, 5) is 0. The number of rotatable bonds is 6. The fourth-order valence-electron chi connectivity index (χ4n) is 4.31. The van der Waals surface area contributed by atoms with Gasteiger partial charge in [0, 0.05) is 11.3 Å². The van der Waals surface area contributed by atoms with Gasteiger partial charge in [-0.1, -0.05) is 42.5 Å². The van der Waals surface area contributed by atoms with Crippen molar-refractivity contribution in [3.63, 3.8) is 0 Å². The summed E-state index contributed by atoms with van der Waals surface area (Å²) >= 11 is 0. The van der Waals surface area contributed by atoms with E-state index in [0.717, 1.165) is 22.4 Å². The fourth-order valence-corrected chi connectivity index (χ4v) is 4.31. The van der Waals surface area contributed by atoms with Crippen LogP contribution in [0.1, 0.15) is 35.2 Å². The summed E-state index contributed by atoms with van der Waals surface area (Å²) < 4.78 is 17.6. The third kappa shape index (κ3) is 3.80. The van der Waals surface area contributed by atoms with E-state index >= 15 is 0 Å². The van der Waals surface area contributed by atoms with Gasteiger partial charge in [0.25, 0.3) is 0 Å². The molecule has 5 rings (SSSR count). The van der Waals surface area contributed by atoms with E-state index < -0.39 is 5.92 Å². The molecular weight excluding hydrogens is 428 g/mol. The van der Waals surface area contributed by atoms with Crippen molar-refractivity contribution in [2.24, 2.45) is 5.73 Å². The summed E-state index contributed by atoms with van der Waals surface area (Å²) in [6.07, 6.45) is 0. The largest absolute Gasteiger partial charge is 0.490 e. The first-order valence-corrected chi connectivity index (χ1v) is 11.1. The molecule has 0 fully saturated rings. The van der Waals surface area contributed by atoms with Crippen LogP contribution >= 0.6 is 0 Å². The minimum atomic E-state index is -0.416. The average Bonchev–Trinajstić information content (AvgIpc) is 3.22. The lowest BCUT2D eigenvalue weighted by atomic mass is 9.84. The highest BCUT2D eigenvalue weighted by Crippen LogP contribution is 2.44. The second kappa shape index (κ2) is 8.83. The van der Waals surface area contributed by atoms with Crippen LogP contribution in [0.25, 0.3) is 10.8 Å². The first-order chi connectivity index (χ1) is 16.6. The second-order valence-corrected chi connectivity index (χ2v) is 8.10. The van der Waals surface area contributed by atoms with E-state index in [-0.39, 0.29) is 5.88 Å². The first kappa shape index (κ1) is 21.4. The Kier molecular flexibility index (Phi) is 5.56. The molecule has 34 heavy (non-hydrogen) atoms. The maximum Gasteiger partial charge on any atom is 0.244 e. The number of aromatic amines is 1. The number of H-pyrrole nitrogens is 1. The molecule has 2 heterocycles. The number of fused-ring (bicyclic) bond motifs is 2. The van der Waals surface area contributed by atoms with Crippen molar-refractivity contribution >= 4 is 10.8 Å². The minimum Gasteiger partial charge on any atom is -0.490 e. The van der Waals surface area contributed by atoms with Gasteiger partial charge in [-0.05, 0) is 53.9 Å². The van der Waals surface area contributed by atoms with E-state index in [0.29, 0.717) is 36.2 Å². The minimum absolute atomic E-state index is 0.0566. The van der Waals surface area contributed by atoms with Crippen molar-refractivity contribution < 1.29 is 14.2 Å². The Morgan fingerprint density at radius 3 is 2.68 bits per heavy atom. The van der Waals surface area contributed by atoms with Gasteiger partial charge < -0.3 is 19.9 Å². The highest BCUT2D eigenvalue weighted by Gasteiger charge is 2.34. The lowest BCUT2D eigenvalue weighted by Crippen LogP contribution is -2.21. The smallest absolute Gasteiger partial charge is 0.244 e. The van der Waals surface area contributed by atoms with Crippen LogP contribution in [0, 0.1) is 18.3 Å². The molecule has 7 heteroatoms. The summed E-state index contributed by atoms with van der Waals surface area (Å²) in [5.41, 5.74) is 9.89. The van der Waals surface area contributed by atoms with E-state index in [1.165, 1.54) is 10.8 Å². The van der Waals surface area contributed by atoms with Crippen molar-refractivity contribution in [3.8, 4) is 23.4 Å². The molecule has 170 valence electrons. The van der Waals surface area contributed by atoms with Crippen molar-refractivity contribution in [1.29, 1.82) is 5.26 Å². The molecule has 0 aliphatic carbocycles. The maximum absolute atomic E-state index is 9.81. The van der Waals surface area contributed by atoms with Gasteiger partial charge in [0.15, 0.2) is 11.5 Å². The van der Waals surface area contributed by atoms with Gasteiger partial charge in [-0.15, -0.1) is 5.10 Å². The van der Waals surface area contributed by atoms with E-state index in [2.05, 4.69) is 46.6 Å². The summed E-state index contributed by atoms with van der Waals surface area (Å²) in [6, 6.07) is 22.4. The number of nitrogens with zero attached hydrogens (tertiary/aromatic N) is 2. The highest BCUT2D eigenvalue weighted by atomic mass is 16.5. The average molecular weight is 453 g/mol. The van der Waals surface area contributed by atoms with Crippen LogP contribution in [0.3, 0.4) is 0 Å². The Bertz CT molecular complexity index is 1450. The number of aromatic nitrogens is 2. The standard InChI is InChI=1S/C27H24N4O3/c1-3-32-23-13-20(25-21(14-28)26(29)34-27-24(25)16(2)30-31-27)10-11-22(23)33-15-17-8-9-18-6-4-5-7-19(18)12-17/h4-13,25H,3,15,29H2,1-2H3,(H,30,31)/t25-/m0/s1. The molecule has 7 nitrogen and oxygen atoms in total. The number of aryl methyl sites for hydroxylation is 1. The zero-order valence-corrected chi connectivity index (χ0v) is 19.0. The van der Waals surface area contributed by atoms with Crippen LogP contribution in [0.5, 0.6) is 17.4 Å². The van der Waals surface area contributed by atoms with Crippen LogP contribution in [-0.2, 0) is 6.61 Å². The van der Waals surface area contributed by atoms with Gasteiger partial charge in [0.1, 0.15) is 18.2 Å². The highest BCUT2D eigenvalue weighted by molar-refractivity contribution is 5.82. The van der Waals surface area contributed by atoms with Gasteiger partial charge in [-0.2, -0.15) is 5.26 Å². The SMILES string of the molecule is CCOc1cc([C@H]2C(C#N)=C(N)Oc3n[nH]c(C)c32)ccc1OCc1ccc2ccccc2c1. The van der Waals surface area contributed by atoms with Gasteiger partial charge in [-0.3, -0.25) is 5.10 Å². The van der Waals surface area contributed by atoms with Crippen LogP contribution in [0.15, 0.2) is 72.1 Å². The number of benzene rings is 3. The quantitative estimate of drug-likeness (QED) is 0.423. The number of nitrogens with two attached hydrogens (primary N) is 1. The molecule has 0 radical (unpaired) electrons. The topological polar surface area (TPSA) is 106 Å². The summed E-state index contributed by atoms with van der Waals surface area (Å²) in [7, 11) is 0. The third-order valence-corrected chi connectivity index (χ3v) is 5.94. The Morgan fingerprint density at radius 2 is 1.88 bits per heavy atom. The van der Waals surface area contributed by atoms with Crippen molar-refractivity contribution in [2.75, 3.05) is 6.61 Å². The number of nitriles is 1. The monoisotopic (exact) mass is 452 g/mol. The normalized spacial score (nSPS) is 14.9. The molecule has 0 bridgehead atoms. The molecule has 0 saturated carbocycles. The molecule has 3 N–H and O–H groups in total. The number of hydrogen-bond donors (Lipinski definition) is 2. The molecule has 1 atom stereocenters. The summed E-state index contributed by atoms with van der Waals surface area (Å²) in [6.45, 7) is 4.69. The van der Waals surface area contributed by atoms with Crippen molar-refractivity contribution in [3.05, 3.63) is 94.5 Å². The van der Waals surface area contributed by atoms with Crippen molar-refractivity contribution in [1.82, 2.24) is 10.2 Å². The molecule has 0 spiro atoms. The number of nitrogens with one attached hydrogen (secondary N) is 1.